The van der Waals surface area contributed by atoms with Gasteiger partial charge in [-0.3, -0.25) is 0 Å². The van der Waals surface area contributed by atoms with Gasteiger partial charge in [0.05, 0.1) is 18.0 Å². The molecule has 18 heavy (non-hydrogen) atoms. The Morgan fingerprint density at radius 2 is 2.06 bits per heavy atom. The van der Waals surface area contributed by atoms with Crippen LogP contribution in [0.5, 0.6) is 0 Å². The van der Waals surface area contributed by atoms with E-state index >= 15 is 0 Å². The van der Waals surface area contributed by atoms with E-state index in [2.05, 4.69) is 25.0 Å². The standard InChI is InChI=1S/C14H17ClN2O/c1-3-10-8-11(4-2)17(16-10)14-7-5-6-13(15)12(14)9-18/h5-8,18H,3-4,9H2,1-2H3. The molecule has 0 saturated heterocycles. The molecule has 3 nitrogen and oxygen atoms in total. The van der Waals surface area contributed by atoms with Gasteiger partial charge in [-0.1, -0.05) is 31.5 Å². The molecule has 1 aromatic heterocycles. The van der Waals surface area contributed by atoms with Gasteiger partial charge in [-0.15, -0.1) is 0 Å². The number of aliphatic hydroxyl groups excluding tert-OH is 1. The third-order valence-corrected chi connectivity index (χ3v) is 3.39. The number of hydrogen-bond donors (Lipinski definition) is 1. The minimum absolute atomic E-state index is 0.0838. The van der Waals surface area contributed by atoms with Crippen molar-refractivity contribution >= 4 is 11.6 Å². The summed E-state index contributed by atoms with van der Waals surface area (Å²) in [5.41, 5.74) is 3.76. The Hall–Kier alpha value is -1.32. The van der Waals surface area contributed by atoms with Gasteiger partial charge in [-0.05, 0) is 31.0 Å². The summed E-state index contributed by atoms with van der Waals surface area (Å²) in [6.45, 7) is 4.09. The number of rotatable bonds is 4. The molecule has 0 aliphatic carbocycles. The molecule has 0 aliphatic heterocycles. The van der Waals surface area contributed by atoms with Crippen molar-refractivity contribution in [3.8, 4) is 5.69 Å². The van der Waals surface area contributed by atoms with Crippen molar-refractivity contribution in [3.63, 3.8) is 0 Å². The number of nitrogens with zero attached hydrogens (tertiary/aromatic N) is 2. The molecule has 0 saturated carbocycles. The zero-order valence-corrected chi connectivity index (χ0v) is 11.4. The lowest BCUT2D eigenvalue weighted by atomic mass is 10.2. The largest absolute Gasteiger partial charge is 0.392 e. The molecular formula is C14H17ClN2O. The smallest absolute Gasteiger partial charge is 0.0718 e. The molecule has 0 bridgehead atoms. The summed E-state index contributed by atoms with van der Waals surface area (Å²) in [4.78, 5) is 0. The summed E-state index contributed by atoms with van der Waals surface area (Å²) in [6, 6.07) is 7.70. The van der Waals surface area contributed by atoms with Crippen molar-refractivity contribution < 1.29 is 5.11 Å². The first kappa shape index (κ1) is 13.1. The van der Waals surface area contributed by atoms with E-state index in [-0.39, 0.29) is 6.61 Å². The normalized spacial score (nSPS) is 10.9. The predicted molar refractivity (Wildman–Crippen MR) is 73.3 cm³/mol. The first-order valence-corrected chi connectivity index (χ1v) is 6.55. The SMILES string of the molecule is CCc1cc(CC)n(-c2cccc(Cl)c2CO)n1. The zero-order valence-electron chi connectivity index (χ0n) is 10.7. The average molecular weight is 265 g/mol. The monoisotopic (exact) mass is 264 g/mol. The number of hydrogen-bond acceptors (Lipinski definition) is 2. The highest BCUT2D eigenvalue weighted by Gasteiger charge is 2.12. The van der Waals surface area contributed by atoms with Gasteiger partial charge in [0.15, 0.2) is 0 Å². The van der Waals surface area contributed by atoms with E-state index in [0.717, 1.165) is 35.5 Å². The fourth-order valence-electron chi connectivity index (χ4n) is 2.01. The minimum atomic E-state index is -0.0838. The maximum atomic E-state index is 9.46. The van der Waals surface area contributed by atoms with Crippen LogP contribution in [-0.2, 0) is 19.4 Å². The Morgan fingerprint density at radius 3 is 2.67 bits per heavy atom. The van der Waals surface area contributed by atoms with Crippen LogP contribution in [-0.4, -0.2) is 14.9 Å². The van der Waals surface area contributed by atoms with Gasteiger partial charge in [0.2, 0.25) is 0 Å². The summed E-state index contributed by atoms with van der Waals surface area (Å²) in [5, 5.41) is 14.6. The van der Waals surface area contributed by atoms with Crippen LogP contribution >= 0.6 is 11.6 Å². The van der Waals surface area contributed by atoms with E-state index in [1.54, 1.807) is 6.07 Å². The fraction of sp³-hybridized carbons (Fsp3) is 0.357. The minimum Gasteiger partial charge on any atom is -0.392 e. The Kier molecular flexibility index (Phi) is 4.04. The van der Waals surface area contributed by atoms with Gasteiger partial charge >= 0.3 is 0 Å². The summed E-state index contributed by atoms with van der Waals surface area (Å²) in [5.74, 6) is 0. The second-order valence-electron chi connectivity index (χ2n) is 4.14. The lowest BCUT2D eigenvalue weighted by molar-refractivity contribution is 0.281. The third kappa shape index (κ3) is 2.28. The number of aliphatic hydroxyl groups is 1. The summed E-state index contributed by atoms with van der Waals surface area (Å²) in [7, 11) is 0. The first-order chi connectivity index (χ1) is 8.71. The van der Waals surface area contributed by atoms with E-state index in [4.69, 9.17) is 11.6 Å². The number of halogens is 1. The van der Waals surface area contributed by atoms with Gasteiger partial charge in [0.25, 0.3) is 0 Å². The quantitative estimate of drug-likeness (QED) is 0.921. The molecule has 0 radical (unpaired) electrons. The molecule has 1 aromatic carbocycles. The van der Waals surface area contributed by atoms with E-state index < -0.39 is 0 Å². The third-order valence-electron chi connectivity index (χ3n) is 3.04. The van der Waals surface area contributed by atoms with Crippen LogP contribution < -0.4 is 0 Å². The van der Waals surface area contributed by atoms with Crippen LogP contribution in [0.1, 0.15) is 30.8 Å². The van der Waals surface area contributed by atoms with Crippen molar-refractivity contribution in [1.29, 1.82) is 0 Å². The molecule has 0 aliphatic rings. The molecule has 0 fully saturated rings. The van der Waals surface area contributed by atoms with Gasteiger partial charge in [-0.2, -0.15) is 5.10 Å². The van der Waals surface area contributed by atoms with Crippen LogP contribution in [0.3, 0.4) is 0 Å². The molecule has 4 heteroatoms. The molecule has 2 aromatic rings. The molecule has 0 unspecified atom stereocenters. The van der Waals surface area contributed by atoms with Crippen molar-refractivity contribution in [1.82, 2.24) is 9.78 Å². The first-order valence-electron chi connectivity index (χ1n) is 6.17. The van der Waals surface area contributed by atoms with Gasteiger partial charge < -0.3 is 5.11 Å². The highest BCUT2D eigenvalue weighted by atomic mass is 35.5. The maximum absolute atomic E-state index is 9.46. The molecule has 0 spiro atoms. The molecule has 2 rings (SSSR count). The van der Waals surface area contributed by atoms with Gasteiger partial charge in [0.1, 0.15) is 0 Å². The Bertz CT molecular complexity index is 549. The predicted octanol–water partition coefficient (Wildman–Crippen LogP) is 3.14. The van der Waals surface area contributed by atoms with E-state index in [1.165, 1.54) is 0 Å². The molecule has 0 atom stereocenters. The lowest BCUT2D eigenvalue weighted by Gasteiger charge is -2.11. The van der Waals surface area contributed by atoms with Crippen LogP contribution in [0.15, 0.2) is 24.3 Å². The molecular weight excluding hydrogens is 248 g/mol. The van der Waals surface area contributed by atoms with Crippen LogP contribution in [0.25, 0.3) is 5.69 Å². The molecule has 1 heterocycles. The van der Waals surface area contributed by atoms with Crippen molar-refractivity contribution in [2.75, 3.05) is 0 Å². The van der Waals surface area contributed by atoms with Crippen LogP contribution in [0.2, 0.25) is 5.02 Å². The topological polar surface area (TPSA) is 38.0 Å². The fourth-order valence-corrected chi connectivity index (χ4v) is 2.24. The Morgan fingerprint density at radius 1 is 1.28 bits per heavy atom. The summed E-state index contributed by atoms with van der Waals surface area (Å²) in [6.07, 6.45) is 1.79. The summed E-state index contributed by atoms with van der Waals surface area (Å²) < 4.78 is 1.89. The summed E-state index contributed by atoms with van der Waals surface area (Å²) >= 11 is 6.11. The van der Waals surface area contributed by atoms with Crippen LogP contribution in [0, 0.1) is 0 Å². The van der Waals surface area contributed by atoms with Crippen molar-refractivity contribution in [2.24, 2.45) is 0 Å². The second kappa shape index (κ2) is 5.55. The highest BCUT2D eigenvalue weighted by molar-refractivity contribution is 6.31. The Labute approximate surface area is 112 Å². The average Bonchev–Trinajstić information content (AvgIpc) is 2.81. The van der Waals surface area contributed by atoms with E-state index in [1.807, 2.05) is 16.8 Å². The van der Waals surface area contributed by atoms with Crippen molar-refractivity contribution in [2.45, 2.75) is 33.3 Å². The molecule has 1 N–H and O–H groups in total. The van der Waals surface area contributed by atoms with E-state index in [0.29, 0.717) is 5.02 Å². The lowest BCUT2D eigenvalue weighted by Crippen LogP contribution is -2.05. The number of aromatic nitrogens is 2. The highest BCUT2D eigenvalue weighted by Crippen LogP contribution is 2.24. The Balaban J connectivity index is 2.60. The van der Waals surface area contributed by atoms with E-state index in [9.17, 15) is 5.11 Å². The van der Waals surface area contributed by atoms with Gasteiger partial charge in [0, 0.05) is 16.3 Å². The molecule has 96 valence electrons. The number of aryl methyl sites for hydroxylation is 2. The zero-order chi connectivity index (χ0) is 13.1. The number of benzene rings is 1. The maximum Gasteiger partial charge on any atom is 0.0718 e. The van der Waals surface area contributed by atoms with Gasteiger partial charge in [-0.25, -0.2) is 4.68 Å². The van der Waals surface area contributed by atoms with Crippen molar-refractivity contribution in [3.05, 3.63) is 46.2 Å². The second-order valence-corrected chi connectivity index (χ2v) is 4.55. The van der Waals surface area contributed by atoms with Crippen LogP contribution in [0.4, 0.5) is 0 Å². The molecule has 0 amide bonds.